The summed E-state index contributed by atoms with van der Waals surface area (Å²) in [5.41, 5.74) is 8.77. The molecule has 2 aliphatic rings. The third kappa shape index (κ3) is 4.60. The molecule has 280 valence electrons. The van der Waals surface area contributed by atoms with Gasteiger partial charge in [-0.3, -0.25) is 4.90 Å². The minimum absolute atomic E-state index is 0.126. The van der Waals surface area contributed by atoms with Crippen LogP contribution < -0.4 is 4.90 Å². The predicted molar refractivity (Wildman–Crippen MR) is 234 cm³/mol. The lowest BCUT2D eigenvalue weighted by molar-refractivity contribution is 0.456. The Morgan fingerprint density at radius 2 is 0.847 bits per heavy atom. The van der Waals surface area contributed by atoms with Crippen LogP contribution in [0.1, 0.15) is 47.2 Å². The Bertz CT molecular complexity index is 3340. The van der Waals surface area contributed by atoms with Gasteiger partial charge in [-0.2, -0.15) is 23.7 Å². The second kappa shape index (κ2) is 12.1. The number of nitrogens with zero attached hydrogens (tertiary/aromatic N) is 4. The summed E-state index contributed by atoms with van der Waals surface area (Å²) >= 11 is 0. The van der Waals surface area contributed by atoms with Gasteiger partial charge in [0, 0.05) is 5.41 Å². The fraction of sp³-hybridized carbons (Fsp3) is 0.0755. The van der Waals surface area contributed by atoms with E-state index in [0.717, 1.165) is 55.5 Å². The molecule has 0 amide bonds. The Morgan fingerprint density at radius 1 is 0.407 bits per heavy atom. The van der Waals surface area contributed by atoms with E-state index in [1.54, 1.807) is 0 Å². The lowest BCUT2D eigenvalue weighted by atomic mass is 9.61. The first-order chi connectivity index (χ1) is 28.8. The van der Waals surface area contributed by atoms with Crippen LogP contribution in [0, 0.1) is 12.2 Å². The second-order valence-electron chi connectivity index (χ2n) is 16.3. The van der Waals surface area contributed by atoms with Crippen LogP contribution in [-0.4, -0.2) is 15.0 Å². The van der Waals surface area contributed by atoms with E-state index in [1.807, 2.05) is 29.2 Å². The van der Waals surface area contributed by atoms with Crippen molar-refractivity contribution >= 4 is 60.4 Å². The molecule has 12 rings (SSSR count). The van der Waals surface area contributed by atoms with Gasteiger partial charge in [0.05, 0.1) is 16.8 Å². The van der Waals surface area contributed by atoms with Gasteiger partial charge in [-0.25, -0.2) is 0 Å². The molecule has 9 aromatic carbocycles. The van der Waals surface area contributed by atoms with Crippen LogP contribution in [0.15, 0.2) is 170 Å². The van der Waals surface area contributed by atoms with Crippen LogP contribution in [0.25, 0.3) is 54.2 Å². The summed E-state index contributed by atoms with van der Waals surface area (Å²) in [6.07, 6.45) is -2.36. The SMILES string of the molecule is CC1(C)c2cc3c(cc2-c2cc4c5ccccc5c5ccccc5c4cc21)C(c1ccccc1)(c1ccccc1)c1cc2ccccc2cc1N3c1nc(F)nc(F)n1. The zero-order valence-electron chi connectivity index (χ0n) is 32.2. The van der Waals surface area contributed by atoms with Gasteiger partial charge in [0.1, 0.15) is 0 Å². The first-order valence-electron chi connectivity index (χ1n) is 19.9. The van der Waals surface area contributed by atoms with Crippen LogP contribution in [0.3, 0.4) is 0 Å². The Morgan fingerprint density at radius 3 is 1.44 bits per heavy atom. The quantitative estimate of drug-likeness (QED) is 0.168. The second-order valence-corrected chi connectivity index (χ2v) is 16.3. The van der Waals surface area contributed by atoms with Crippen molar-refractivity contribution in [1.82, 2.24) is 15.0 Å². The van der Waals surface area contributed by atoms with E-state index in [9.17, 15) is 0 Å². The van der Waals surface area contributed by atoms with E-state index in [-0.39, 0.29) is 5.95 Å². The maximum atomic E-state index is 15.2. The van der Waals surface area contributed by atoms with Crippen molar-refractivity contribution in [2.45, 2.75) is 24.7 Å². The van der Waals surface area contributed by atoms with Gasteiger partial charge in [-0.15, -0.1) is 0 Å². The third-order valence-electron chi connectivity index (χ3n) is 13.0. The minimum atomic E-state index is -1.18. The molecule has 1 aliphatic carbocycles. The molecule has 0 atom stereocenters. The van der Waals surface area contributed by atoms with Crippen LogP contribution >= 0.6 is 0 Å². The highest BCUT2D eigenvalue weighted by molar-refractivity contribution is 6.26. The van der Waals surface area contributed by atoms with Crippen molar-refractivity contribution in [1.29, 1.82) is 0 Å². The predicted octanol–water partition coefficient (Wildman–Crippen LogP) is 13.2. The average Bonchev–Trinajstić information content (AvgIpc) is 3.48. The number of fused-ring (bicyclic) bond motifs is 12. The molecule has 0 saturated carbocycles. The largest absolute Gasteiger partial charge is 0.315 e. The zero-order chi connectivity index (χ0) is 39.6. The van der Waals surface area contributed by atoms with Gasteiger partial charge < -0.3 is 0 Å². The van der Waals surface area contributed by atoms with Crippen molar-refractivity contribution in [3.05, 3.63) is 215 Å². The smallest absolute Gasteiger partial charge is 0.278 e. The Labute approximate surface area is 339 Å². The maximum Gasteiger partial charge on any atom is 0.315 e. The Balaban J connectivity index is 1.26. The van der Waals surface area contributed by atoms with Gasteiger partial charge in [-0.05, 0) is 124 Å². The fourth-order valence-electron chi connectivity index (χ4n) is 10.4. The van der Waals surface area contributed by atoms with Crippen LogP contribution in [0.5, 0.6) is 0 Å². The Hall–Kier alpha value is -7.31. The standard InChI is InChI=1S/C53H34F2N4/c1-52(2)43-28-40-38-24-14-12-22-36(38)35-21-11-13-23-37(35)39(40)27-41(43)42-29-46-48(30-44(42)52)59(51-57-49(54)56-50(55)58-51)47-26-32-16-10-9-15-31(32)25-45(47)53(46,33-17-5-3-6-18-33)34-19-7-4-8-20-34/h3-30H,1-2H3. The monoisotopic (exact) mass is 764 g/mol. The van der Waals surface area contributed by atoms with Gasteiger partial charge in [0.2, 0.25) is 5.95 Å². The highest BCUT2D eigenvalue weighted by atomic mass is 19.1. The summed E-state index contributed by atoms with van der Waals surface area (Å²) in [5.74, 6) is -0.126. The van der Waals surface area contributed by atoms with Crippen LogP contribution in [0.2, 0.25) is 0 Å². The van der Waals surface area contributed by atoms with E-state index in [2.05, 4.69) is 174 Å². The molecule has 6 heteroatoms. The van der Waals surface area contributed by atoms with Crippen molar-refractivity contribution in [2.24, 2.45) is 0 Å². The summed E-state index contributed by atoms with van der Waals surface area (Å²) in [7, 11) is 0. The molecule has 0 fully saturated rings. The average molecular weight is 765 g/mol. The van der Waals surface area contributed by atoms with E-state index < -0.39 is 23.0 Å². The molecule has 1 aliphatic heterocycles. The number of hydrogen-bond donors (Lipinski definition) is 0. The number of rotatable bonds is 3. The van der Waals surface area contributed by atoms with Crippen LogP contribution in [-0.2, 0) is 10.8 Å². The van der Waals surface area contributed by atoms with Gasteiger partial charge in [0.15, 0.2) is 0 Å². The highest BCUT2D eigenvalue weighted by Crippen LogP contribution is 2.62. The summed E-state index contributed by atoms with van der Waals surface area (Å²) < 4.78 is 30.4. The maximum absolute atomic E-state index is 15.2. The molecular weight excluding hydrogens is 731 g/mol. The molecule has 0 bridgehead atoms. The molecule has 4 nitrogen and oxygen atoms in total. The van der Waals surface area contributed by atoms with Crippen LogP contribution in [0.4, 0.5) is 26.1 Å². The topological polar surface area (TPSA) is 41.9 Å². The summed E-state index contributed by atoms with van der Waals surface area (Å²) in [6.45, 7) is 4.55. The summed E-state index contributed by atoms with van der Waals surface area (Å²) in [6, 6.07) is 60.4. The number of hydrogen-bond acceptors (Lipinski definition) is 4. The number of benzene rings is 9. The molecule has 0 radical (unpaired) electrons. The molecule has 0 saturated heterocycles. The Kier molecular flexibility index (Phi) is 6.93. The van der Waals surface area contributed by atoms with E-state index in [4.69, 9.17) is 0 Å². The number of aromatic nitrogens is 3. The van der Waals surface area contributed by atoms with Crippen molar-refractivity contribution in [3.8, 4) is 11.1 Å². The minimum Gasteiger partial charge on any atom is -0.278 e. The van der Waals surface area contributed by atoms with Crippen molar-refractivity contribution in [2.75, 3.05) is 4.90 Å². The number of anilines is 3. The van der Waals surface area contributed by atoms with Gasteiger partial charge in [0.25, 0.3) is 0 Å². The lowest BCUT2D eigenvalue weighted by Gasteiger charge is -2.46. The molecule has 0 spiro atoms. The fourth-order valence-corrected chi connectivity index (χ4v) is 10.4. The van der Waals surface area contributed by atoms with E-state index in [0.29, 0.717) is 0 Å². The van der Waals surface area contributed by atoms with Crippen molar-refractivity contribution < 1.29 is 8.78 Å². The summed E-state index contributed by atoms with van der Waals surface area (Å²) in [4.78, 5) is 13.5. The molecule has 10 aromatic rings. The molecule has 0 N–H and O–H groups in total. The first kappa shape index (κ1) is 33.8. The highest BCUT2D eigenvalue weighted by Gasteiger charge is 2.49. The molecule has 0 unspecified atom stereocenters. The van der Waals surface area contributed by atoms with E-state index >= 15 is 8.78 Å². The lowest BCUT2D eigenvalue weighted by Crippen LogP contribution is -2.38. The van der Waals surface area contributed by atoms with Gasteiger partial charge >= 0.3 is 12.2 Å². The van der Waals surface area contributed by atoms with Gasteiger partial charge in [-0.1, -0.05) is 147 Å². The molecular formula is C53H34F2N4. The molecule has 59 heavy (non-hydrogen) atoms. The summed E-state index contributed by atoms with van der Waals surface area (Å²) in [5, 5.41) is 9.31. The van der Waals surface area contributed by atoms with E-state index in [1.165, 1.54) is 43.4 Å². The first-order valence-corrected chi connectivity index (χ1v) is 19.9. The van der Waals surface area contributed by atoms with Crippen molar-refractivity contribution in [3.63, 3.8) is 0 Å². The molecule has 2 heterocycles. The molecule has 1 aromatic heterocycles. The third-order valence-corrected chi connectivity index (χ3v) is 13.0. The zero-order valence-corrected chi connectivity index (χ0v) is 32.2. The normalized spacial score (nSPS) is 14.7. The number of halogens is 2.